The molecule has 0 saturated heterocycles. The number of hydrogen-bond acceptors (Lipinski definition) is 1. The summed E-state index contributed by atoms with van der Waals surface area (Å²) in [5, 5.41) is 0. The van der Waals surface area contributed by atoms with E-state index in [1.54, 1.807) is 0 Å². The summed E-state index contributed by atoms with van der Waals surface area (Å²) >= 11 is 0. The van der Waals surface area contributed by atoms with Crippen molar-refractivity contribution in [3.05, 3.63) is 42.0 Å². The van der Waals surface area contributed by atoms with E-state index < -0.39 is 0 Å². The summed E-state index contributed by atoms with van der Waals surface area (Å²) in [7, 11) is 0. The van der Waals surface area contributed by atoms with Crippen LogP contribution in [0.3, 0.4) is 0 Å². The van der Waals surface area contributed by atoms with Crippen LogP contribution in [0.1, 0.15) is 33.3 Å². The summed E-state index contributed by atoms with van der Waals surface area (Å²) in [6, 6.07) is 8.41. The normalized spacial score (nSPS) is 13.3. The van der Waals surface area contributed by atoms with Gasteiger partial charge in [0.2, 0.25) is 0 Å². The largest absolute Gasteiger partial charge is 0.491 e. The molecule has 1 rings (SSSR count). The van der Waals surface area contributed by atoms with Gasteiger partial charge in [-0.2, -0.15) is 0 Å². The van der Waals surface area contributed by atoms with Crippen LogP contribution in [-0.4, -0.2) is 6.10 Å². The summed E-state index contributed by atoms with van der Waals surface area (Å²) in [5.41, 5.74) is 1.36. The van der Waals surface area contributed by atoms with Crippen molar-refractivity contribution in [3.63, 3.8) is 0 Å². The number of benzene rings is 1. The van der Waals surface area contributed by atoms with Crippen LogP contribution in [0, 0.1) is 5.92 Å². The van der Waals surface area contributed by atoms with Crippen molar-refractivity contribution in [3.8, 4) is 5.75 Å². The quantitative estimate of drug-likeness (QED) is 0.672. The molecule has 1 unspecified atom stereocenters. The van der Waals surface area contributed by atoms with Gasteiger partial charge in [-0.3, -0.25) is 0 Å². The average Bonchev–Trinajstić information content (AvgIpc) is 2.20. The third-order valence-corrected chi connectivity index (χ3v) is 2.37. The Morgan fingerprint density at radius 2 is 1.75 bits per heavy atom. The summed E-state index contributed by atoms with van der Waals surface area (Å²) in [5.74, 6) is 1.55. The SMILES string of the molecule is C/C=C\C(C)Cc1ccc(OC(C)C)cc1. The Labute approximate surface area is 99.1 Å². The van der Waals surface area contributed by atoms with Crippen LogP contribution in [0.2, 0.25) is 0 Å². The Morgan fingerprint density at radius 1 is 1.12 bits per heavy atom. The summed E-state index contributed by atoms with van der Waals surface area (Å²) in [6.45, 7) is 8.39. The lowest BCUT2D eigenvalue weighted by atomic mass is 10.0. The van der Waals surface area contributed by atoms with E-state index in [4.69, 9.17) is 4.74 Å². The summed E-state index contributed by atoms with van der Waals surface area (Å²) in [6.07, 6.45) is 5.68. The first kappa shape index (κ1) is 12.8. The second kappa shape index (κ2) is 6.37. The van der Waals surface area contributed by atoms with Gasteiger partial charge in [-0.1, -0.05) is 31.2 Å². The fourth-order valence-corrected chi connectivity index (χ4v) is 1.74. The molecule has 1 heteroatoms. The fourth-order valence-electron chi connectivity index (χ4n) is 1.74. The lowest BCUT2D eigenvalue weighted by molar-refractivity contribution is 0.242. The van der Waals surface area contributed by atoms with E-state index in [0.717, 1.165) is 12.2 Å². The molecule has 0 radical (unpaired) electrons. The van der Waals surface area contributed by atoms with Crippen LogP contribution < -0.4 is 4.74 Å². The molecular weight excluding hydrogens is 196 g/mol. The molecule has 0 heterocycles. The van der Waals surface area contributed by atoms with E-state index in [0.29, 0.717) is 5.92 Å². The minimum atomic E-state index is 0.243. The molecule has 0 N–H and O–H groups in total. The maximum Gasteiger partial charge on any atom is 0.119 e. The van der Waals surface area contributed by atoms with Gasteiger partial charge in [-0.25, -0.2) is 0 Å². The van der Waals surface area contributed by atoms with Gasteiger partial charge in [-0.15, -0.1) is 0 Å². The highest BCUT2D eigenvalue weighted by molar-refractivity contribution is 5.27. The molecule has 0 saturated carbocycles. The predicted molar refractivity (Wildman–Crippen MR) is 69.9 cm³/mol. The highest BCUT2D eigenvalue weighted by Gasteiger charge is 2.01. The first-order valence-corrected chi connectivity index (χ1v) is 6.00. The summed E-state index contributed by atoms with van der Waals surface area (Å²) in [4.78, 5) is 0. The van der Waals surface area contributed by atoms with E-state index >= 15 is 0 Å². The van der Waals surface area contributed by atoms with Crippen LogP contribution >= 0.6 is 0 Å². The molecule has 0 spiro atoms. The molecule has 0 bridgehead atoms. The van der Waals surface area contributed by atoms with Crippen molar-refractivity contribution in [2.75, 3.05) is 0 Å². The number of allylic oxidation sites excluding steroid dienone is 2. The third-order valence-electron chi connectivity index (χ3n) is 2.37. The van der Waals surface area contributed by atoms with Crippen molar-refractivity contribution in [2.24, 2.45) is 5.92 Å². The molecule has 1 atom stereocenters. The molecule has 1 aromatic rings. The molecule has 16 heavy (non-hydrogen) atoms. The molecule has 0 aliphatic rings. The minimum absolute atomic E-state index is 0.243. The Bertz CT molecular complexity index is 322. The second-order valence-electron chi connectivity index (χ2n) is 4.52. The first-order valence-electron chi connectivity index (χ1n) is 6.00. The van der Waals surface area contributed by atoms with Crippen molar-refractivity contribution in [2.45, 2.75) is 40.2 Å². The average molecular weight is 218 g/mol. The molecule has 0 amide bonds. The molecule has 88 valence electrons. The third kappa shape index (κ3) is 4.52. The molecule has 0 aliphatic carbocycles. The highest BCUT2D eigenvalue weighted by atomic mass is 16.5. The Hall–Kier alpha value is -1.24. The van der Waals surface area contributed by atoms with E-state index in [1.807, 2.05) is 13.8 Å². The van der Waals surface area contributed by atoms with Gasteiger partial charge in [0, 0.05) is 0 Å². The standard InChI is InChI=1S/C15H22O/c1-5-6-13(4)11-14-7-9-15(10-8-14)16-12(2)3/h5-10,12-13H,11H2,1-4H3/b6-5-. The Balaban J connectivity index is 2.57. The number of hydrogen-bond donors (Lipinski definition) is 0. The summed E-state index contributed by atoms with van der Waals surface area (Å²) < 4.78 is 5.61. The van der Waals surface area contributed by atoms with Gasteiger partial charge in [0.1, 0.15) is 5.75 Å². The molecule has 0 aromatic heterocycles. The molecule has 0 aliphatic heterocycles. The van der Waals surface area contributed by atoms with Crippen molar-refractivity contribution in [1.29, 1.82) is 0 Å². The van der Waals surface area contributed by atoms with Gasteiger partial charge in [0.05, 0.1) is 6.10 Å². The monoisotopic (exact) mass is 218 g/mol. The molecule has 1 nitrogen and oxygen atoms in total. The van der Waals surface area contributed by atoms with Gasteiger partial charge in [0.25, 0.3) is 0 Å². The fraction of sp³-hybridized carbons (Fsp3) is 0.467. The van der Waals surface area contributed by atoms with Crippen molar-refractivity contribution >= 4 is 0 Å². The van der Waals surface area contributed by atoms with E-state index in [2.05, 4.69) is 50.3 Å². The zero-order valence-electron chi connectivity index (χ0n) is 10.7. The zero-order chi connectivity index (χ0) is 12.0. The van der Waals surface area contributed by atoms with E-state index in [1.165, 1.54) is 5.56 Å². The maximum atomic E-state index is 5.61. The zero-order valence-corrected chi connectivity index (χ0v) is 10.7. The Kier molecular flexibility index (Phi) is 5.10. The number of rotatable bonds is 5. The van der Waals surface area contributed by atoms with Gasteiger partial charge in [0.15, 0.2) is 0 Å². The van der Waals surface area contributed by atoms with Crippen LogP contribution in [-0.2, 0) is 6.42 Å². The first-order chi connectivity index (χ1) is 7.61. The second-order valence-corrected chi connectivity index (χ2v) is 4.52. The van der Waals surface area contributed by atoms with Crippen LogP contribution in [0.4, 0.5) is 0 Å². The van der Waals surface area contributed by atoms with Gasteiger partial charge >= 0.3 is 0 Å². The molecule has 1 aromatic carbocycles. The van der Waals surface area contributed by atoms with Crippen LogP contribution in [0.5, 0.6) is 5.75 Å². The van der Waals surface area contributed by atoms with Crippen molar-refractivity contribution < 1.29 is 4.74 Å². The van der Waals surface area contributed by atoms with Gasteiger partial charge < -0.3 is 4.74 Å². The molecule has 0 fully saturated rings. The van der Waals surface area contributed by atoms with Crippen molar-refractivity contribution in [1.82, 2.24) is 0 Å². The maximum absolute atomic E-state index is 5.61. The highest BCUT2D eigenvalue weighted by Crippen LogP contribution is 2.16. The lowest BCUT2D eigenvalue weighted by Crippen LogP contribution is -2.05. The topological polar surface area (TPSA) is 9.23 Å². The van der Waals surface area contributed by atoms with Crippen LogP contribution in [0.25, 0.3) is 0 Å². The molecular formula is C15H22O. The smallest absolute Gasteiger partial charge is 0.119 e. The predicted octanol–water partition coefficient (Wildman–Crippen LogP) is 4.23. The van der Waals surface area contributed by atoms with E-state index in [-0.39, 0.29) is 6.10 Å². The minimum Gasteiger partial charge on any atom is -0.491 e. The Morgan fingerprint density at radius 3 is 2.25 bits per heavy atom. The van der Waals surface area contributed by atoms with E-state index in [9.17, 15) is 0 Å². The van der Waals surface area contributed by atoms with Crippen LogP contribution in [0.15, 0.2) is 36.4 Å². The lowest BCUT2D eigenvalue weighted by Gasteiger charge is -2.11. The number of ether oxygens (including phenoxy) is 1. The van der Waals surface area contributed by atoms with Gasteiger partial charge in [-0.05, 0) is 50.8 Å².